The lowest BCUT2D eigenvalue weighted by atomic mass is 10.2. The summed E-state index contributed by atoms with van der Waals surface area (Å²) < 4.78 is 5.44. The highest BCUT2D eigenvalue weighted by Crippen LogP contribution is 2.33. The molecule has 6 heteroatoms. The summed E-state index contributed by atoms with van der Waals surface area (Å²) in [5.74, 6) is 1.28. The third-order valence-electron chi connectivity index (χ3n) is 4.05. The Labute approximate surface area is 143 Å². The number of hydrogen-bond donors (Lipinski definition) is 1. The van der Waals surface area contributed by atoms with Gasteiger partial charge in [-0.25, -0.2) is 9.97 Å². The molecule has 24 heavy (non-hydrogen) atoms. The van der Waals surface area contributed by atoms with Crippen molar-refractivity contribution in [3.05, 3.63) is 42.7 Å². The van der Waals surface area contributed by atoms with Crippen molar-refractivity contribution in [3.63, 3.8) is 0 Å². The number of fused-ring (bicyclic) bond motifs is 1. The van der Waals surface area contributed by atoms with Gasteiger partial charge in [0.1, 0.15) is 5.03 Å². The molecule has 0 radical (unpaired) electrons. The zero-order chi connectivity index (χ0) is 16.4. The third kappa shape index (κ3) is 3.01. The van der Waals surface area contributed by atoms with Gasteiger partial charge >= 0.3 is 0 Å². The van der Waals surface area contributed by atoms with E-state index in [4.69, 9.17) is 4.42 Å². The number of carbonyl (C=O) groups excluding carboxylic acids is 1. The molecule has 1 aliphatic heterocycles. The third-order valence-corrected chi connectivity index (χ3v) is 5.32. The Morgan fingerprint density at radius 3 is 2.92 bits per heavy atom. The molecule has 3 aromatic rings. The molecule has 0 saturated carbocycles. The Kier molecular flexibility index (Phi) is 4.21. The normalized spacial score (nSPS) is 18.3. The number of nitrogens with one attached hydrogen (secondary N) is 1. The molecular weight excluding hydrogens is 322 g/mol. The Morgan fingerprint density at radius 1 is 1.12 bits per heavy atom. The van der Waals surface area contributed by atoms with Crippen molar-refractivity contribution in [2.45, 2.75) is 29.5 Å². The molecule has 1 N–H and O–H groups in total. The van der Waals surface area contributed by atoms with Crippen LogP contribution in [-0.4, -0.2) is 27.7 Å². The van der Waals surface area contributed by atoms with Gasteiger partial charge in [-0.05, 0) is 31.0 Å². The molecule has 1 aromatic carbocycles. The van der Waals surface area contributed by atoms with Gasteiger partial charge in [-0.1, -0.05) is 36.4 Å². The predicted octanol–water partition coefficient (Wildman–Crippen LogP) is 3.65. The molecule has 1 saturated heterocycles. The van der Waals surface area contributed by atoms with Crippen molar-refractivity contribution in [2.24, 2.45) is 0 Å². The average Bonchev–Trinajstić information content (AvgIpc) is 3.07. The summed E-state index contributed by atoms with van der Waals surface area (Å²) in [7, 11) is 0. The van der Waals surface area contributed by atoms with E-state index in [0.29, 0.717) is 11.6 Å². The summed E-state index contributed by atoms with van der Waals surface area (Å²) in [6, 6.07) is 11.5. The topological polar surface area (TPSA) is 68.0 Å². The fraction of sp³-hybridized carbons (Fsp3) is 0.278. The number of carbonyl (C=O) groups is 1. The van der Waals surface area contributed by atoms with Gasteiger partial charge in [0.2, 0.25) is 5.91 Å². The number of nitrogens with zero attached hydrogens (tertiary/aromatic N) is 2. The molecule has 2 aromatic heterocycles. The van der Waals surface area contributed by atoms with Crippen LogP contribution in [0.4, 0.5) is 0 Å². The van der Waals surface area contributed by atoms with Crippen LogP contribution in [0, 0.1) is 0 Å². The van der Waals surface area contributed by atoms with Crippen LogP contribution in [0.1, 0.15) is 19.3 Å². The Morgan fingerprint density at radius 2 is 2.04 bits per heavy atom. The SMILES string of the molecule is O=C1NCCCC[C@H]1Sc1nc(-c2ccco2)nc2ccccc12. The fourth-order valence-corrected chi connectivity index (χ4v) is 3.99. The molecule has 1 fully saturated rings. The highest BCUT2D eigenvalue weighted by Gasteiger charge is 2.24. The molecule has 4 rings (SSSR count). The lowest BCUT2D eigenvalue weighted by Gasteiger charge is -2.14. The molecule has 0 aliphatic carbocycles. The maximum absolute atomic E-state index is 12.3. The number of furan rings is 1. The number of hydrogen-bond acceptors (Lipinski definition) is 5. The Bertz CT molecular complexity index is 864. The van der Waals surface area contributed by atoms with Crippen molar-refractivity contribution in [1.29, 1.82) is 0 Å². The summed E-state index contributed by atoms with van der Waals surface area (Å²) in [5.41, 5.74) is 0.857. The van der Waals surface area contributed by atoms with E-state index in [0.717, 1.165) is 41.7 Å². The first-order chi connectivity index (χ1) is 11.8. The van der Waals surface area contributed by atoms with Gasteiger partial charge in [-0.15, -0.1) is 0 Å². The van der Waals surface area contributed by atoms with Gasteiger partial charge in [0.05, 0.1) is 17.0 Å². The van der Waals surface area contributed by atoms with Crippen LogP contribution in [0.15, 0.2) is 52.1 Å². The van der Waals surface area contributed by atoms with E-state index >= 15 is 0 Å². The average molecular weight is 339 g/mol. The van der Waals surface area contributed by atoms with Gasteiger partial charge in [-0.3, -0.25) is 4.79 Å². The second kappa shape index (κ2) is 6.65. The van der Waals surface area contributed by atoms with E-state index < -0.39 is 0 Å². The van der Waals surface area contributed by atoms with Crippen molar-refractivity contribution < 1.29 is 9.21 Å². The van der Waals surface area contributed by atoms with Crippen LogP contribution >= 0.6 is 11.8 Å². The monoisotopic (exact) mass is 339 g/mol. The van der Waals surface area contributed by atoms with Crippen LogP contribution in [-0.2, 0) is 4.79 Å². The fourth-order valence-electron chi connectivity index (χ4n) is 2.81. The summed E-state index contributed by atoms with van der Waals surface area (Å²) in [6.07, 6.45) is 4.56. The summed E-state index contributed by atoms with van der Waals surface area (Å²) in [4.78, 5) is 21.5. The molecule has 3 heterocycles. The number of benzene rings is 1. The minimum absolute atomic E-state index is 0.0970. The first kappa shape index (κ1) is 15.2. The Balaban J connectivity index is 1.76. The van der Waals surface area contributed by atoms with E-state index in [1.54, 1.807) is 6.26 Å². The van der Waals surface area contributed by atoms with Gasteiger partial charge in [-0.2, -0.15) is 0 Å². The van der Waals surface area contributed by atoms with Crippen molar-refractivity contribution >= 4 is 28.6 Å². The predicted molar refractivity (Wildman–Crippen MR) is 93.7 cm³/mol. The molecule has 1 amide bonds. The van der Waals surface area contributed by atoms with Crippen LogP contribution in [0.5, 0.6) is 0 Å². The first-order valence-electron chi connectivity index (χ1n) is 8.06. The first-order valence-corrected chi connectivity index (χ1v) is 8.94. The zero-order valence-corrected chi connectivity index (χ0v) is 13.9. The maximum atomic E-state index is 12.3. The van der Waals surface area contributed by atoms with Crippen LogP contribution in [0.3, 0.4) is 0 Å². The van der Waals surface area contributed by atoms with Gasteiger partial charge in [0.25, 0.3) is 0 Å². The second-order valence-corrected chi connectivity index (χ2v) is 6.93. The molecule has 5 nitrogen and oxygen atoms in total. The summed E-state index contributed by atoms with van der Waals surface area (Å²) in [5, 5.41) is 4.66. The quantitative estimate of drug-likeness (QED) is 0.738. The lowest BCUT2D eigenvalue weighted by Crippen LogP contribution is -2.30. The number of rotatable bonds is 3. The maximum Gasteiger partial charge on any atom is 0.233 e. The molecule has 0 bridgehead atoms. The zero-order valence-electron chi connectivity index (χ0n) is 13.1. The number of amides is 1. The van der Waals surface area contributed by atoms with Crippen LogP contribution < -0.4 is 5.32 Å². The molecule has 0 spiro atoms. The minimum Gasteiger partial charge on any atom is -0.461 e. The number of para-hydroxylation sites is 1. The van der Waals surface area contributed by atoms with Crippen molar-refractivity contribution in [2.75, 3.05) is 6.54 Å². The summed E-state index contributed by atoms with van der Waals surface area (Å²) >= 11 is 1.52. The smallest absolute Gasteiger partial charge is 0.233 e. The van der Waals surface area contributed by atoms with Crippen molar-refractivity contribution in [1.82, 2.24) is 15.3 Å². The van der Waals surface area contributed by atoms with Crippen LogP contribution in [0.2, 0.25) is 0 Å². The van der Waals surface area contributed by atoms with Crippen molar-refractivity contribution in [3.8, 4) is 11.6 Å². The molecular formula is C18H17N3O2S. The molecule has 1 aliphatic rings. The standard InChI is InChI=1S/C18H17N3O2S/c22-17-15(9-3-4-10-19-17)24-18-12-6-1-2-7-13(12)20-16(21-18)14-8-5-11-23-14/h1-2,5-8,11,15H,3-4,9-10H2,(H,19,22)/t15-/m1/s1. The highest BCUT2D eigenvalue weighted by atomic mass is 32.2. The van der Waals surface area contributed by atoms with Gasteiger partial charge in [0.15, 0.2) is 11.6 Å². The lowest BCUT2D eigenvalue weighted by molar-refractivity contribution is -0.120. The van der Waals surface area contributed by atoms with E-state index in [9.17, 15) is 4.79 Å². The van der Waals surface area contributed by atoms with E-state index in [2.05, 4.69) is 15.3 Å². The minimum atomic E-state index is -0.116. The Hall–Kier alpha value is -2.34. The largest absolute Gasteiger partial charge is 0.461 e. The van der Waals surface area contributed by atoms with E-state index in [1.807, 2.05) is 36.4 Å². The van der Waals surface area contributed by atoms with Gasteiger partial charge in [0, 0.05) is 11.9 Å². The highest BCUT2D eigenvalue weighted by molar-refractivity contribution is 8.00. The summed E-state index contributed by atoms with van der Waals surface area (Å²) in [6.45, 7) is 0.762. The van der Waals surface area contributed by atoms with Gasteiger partial charge < -0.3 is 9.73 Å². The number of aromatic nitrogens is 2. The second-order valence-electron chi connectivity index (χ2n) is 5.74. The van der Waals surface area contributed by atoms with Crippen LogP contribution in [0.25, 0.3) is 22.5 Å². The molecule has 122 valence electrons. The number of thioether (sulfide) groups is 1. The van der Waals surface area contributed by atoms with E-state index in [1.165, 1.54) is 11.8 Å². The molecule has 1 atom stereocenters. The van der Waals surface area contributed by atoms with E-state index in [-0.39, 0.29) is 11.2 Å². The molecule has 0 unspecified atom stereocenters.